The van der Waals surface area contributed by atoms with E-state index in [0.717, 1.165) is 5.56 Å². The minimum atomic E-state index is -0.234. The molecule has 0 fully saturated rings. The van der Waals surface area contributed by atoms with Crippen LogP contribution in [0.1, 0.15) is 19.4 Å². The first kappa shape index (κ1) is 11.7. The van der Waals surface area contributed by atoms with E-state index in [2.05, 4.69) is 0 Å². The van der Waals surface area contributed by atoms with Gasteiger partial charge >= 0.3 is 0 Å². The lowest BCUT2D eigenvalue weighted by molar-refractivity contribution is -0.119. The average Bonchev–Trinajstić information content (AvgIpc) is 2.13. The first-order valence-electron chi connectivity index (χ1n) is 4.50. The molecule has 0 spiro atoms. The summed E-state index contributed by atoms with van der Waals surface area (Å²) in [6.07, 6.45) is 1.55. The van der Waals surface area contributed by atoms with Crippen LogP contribution in [-0.2, 0) is 9.59 Å². The van der Waals surface area contributed by atoms with Crippen LogP contribution in [0.25, 0.3) is 6.08 Å². The summed E-state index contributed by atoms with van der Waals surface area (Å²) in [5.41, 5.74) is 0.945. The first-order valence-corrected chi connectivity index (χ1v) is 4.87. The maximum Gasteiger partial charge on any atom is 0.163 e. The van der Waals surface area contributed by atoms with Crippen molar-refractivity contribution in [1.29, 1.82) is 0 Å². The van der Waals surface area contributed by atoms with E-state index in [-0.39, 0.29) is 17.1 Å². The van der Waals surface area contributed by atoms with Crippen LogP contribution in [0.2, 0.25) is 5.02 Å². The van der Waals surface area contributed by atoms with Gasteiger partial charge in [0.2, 0.25) is 0 Å². The molecule has 0 saturated carbocycles. The molecule has 2 nitrogen and oxygen atoms in total. The molecule has 0 aliphatic carbocycles. The van der Waals surface area contributed by atoms with E-state index in [1.54, 1.807) is 30.3 Å². The van der Waals surface area contributed by atoms with Crippen LogP contribution in [0.3, 0.4) is 0 Å². The van der Waals surface area contributed by atoms with Crippen molar-refractivity contribution in [3.8, 4) is 0 Å². The fourth-order valence-corrected chi connectivity index (χ4v) is 1.41. The molecule has 0 bridgehead atoms. The zero-order chi connectivity index (χ0) is 11.4. The van der Waals surface area contributed by atoms with Crippen LogP contribution in [0, 0.1) is 0 Å². The number of carbonyl (C=O) groups is 2. The second kappa shape index (κ2) is 4.89. The number of Topliss-reactive ketones (excluding diaryl/α,β-unsaturated/α-hetero) is 2. The van der Waals surface area contributed by atoms with E-state index in [0.29, 0.717) is 5.02 Å². The molecule has 0 amide bonds. The minimum absolute atomic E-state index is 0.192. The van der Waals surface area contributed by atoms with Gasteiger partial charge in [-0.05, 0) is 37.6 Å². The van der Waals surface area contributed by atoms with Gasteiger partial charge in [0.25, 0.3) is 0 Å². The standard InChI is InChI=1S/C12H11ClO2/c1-8(14)12(9(2)15)7-10-4-3-5-11(13)6-10/h3-7H,1-2H3. The van der Waals surface area contributed by atoms with Gasteiger partial charge in [0.05, 0.1) is 5.57 Å². The molecular weight excluding hydrogens is 212 g/mol. The third kappa shape index (κ3) is 3.33. The van der Waals surface area contributed by atoms with Gasteiger partial charge in [-0.1, -0.05) is 23.7 Å². The third-order valence-corrected chi connectivity index (χ3v) is 2.15. The highest BCUT2D eigenvalue weighted by Crippen LogP contribution is 2.14. The van der Waals surface area contributed by atoms with Crippen LogP contribution in [0.5, 0.6) is 0 Å². The molecule has 15 heavy (non-hydrogen) atoms. The third-order valence-electron chi connectivity index (χ3n) is 1.92. The van der Waals surface area contributed by atoms with E-state index in [9.17, 15) is 9.59 Å². The monoisotopic (exact) mass is 222 g/mol. The maximum absolute atomic E-state index is 11.2. The van der Waals surface area contributed by atoms with Crippen molar-refractivity contribution in [1.82, 2.24) is 0 Å². The Kier molecular flexibility index (Phi) is 3.81. The lowest BCUT2D eigenvalue weighted by Gasteiger charge is -1.99. The van der Waals surface area contributed by atoms with Crippen LogP contribution in [-0.4, -0.2) is 11.6 Å². The molecule has 1 aromatic carbocycles. The summed E-state index contributed by atoms with van der Waals surface area (Å²) in [7, 11) is 0. The fourth-order valence-electron chi connectivity index (χ4n) is 1.21. The van der Waals surface area contributed by atoms with Crippen LogP contribution in [0.4, 0.5) is 0 Å². The Bertz CT molecular complexity index is 417. The highest BCUT2D eigenvalue weighted by molar-refractivity contribution is 6.30. The number of rotatable bonds is 3. The molecule has 1 rings (SSSR count). The van der Waals surface area contributed by atoms with Crippen molar-refractivity contribution in [2.24, 2.45) is 0 Å². The van der Waals surface area contributed by atoms with Gasteiger partial charge in [-0.2, -0.15) is 0 Å². The van der Waals surface area contributed by atoms with E-state index < -0.39 is 0 Å². The minimum Gasteiger partial charge on any atom is -0.294 e. The molecule has 0 radical (unpaired) electrons. The molecular formula is C12H11ClO2. The lowest BCUT2D eigenvalue weighted by atomic mass is 10.0. The van der Waals surface area contributed by atoms with Crippen molar-refractivity contribution >= 4 is 29.2 Å². The Morgan fingerprint density at radius 3 is 2.27 bits per heavy atom. The van der Waals surface area contributed by atoms with E-state index in [1.807, 2.05) is 0 Å². The van der Waals surface area contributed by atoms with Gasteiger partial charge in [-0.3, -0.25) is 9.59 Å². The average molecular weight is 223 g/mol. The van der Waals surface area contributed by atoms with Crippen molar-refractivity contribution in [3.63, 3.8) is 0 Å². The Balaban J connectivity index is 3.13. The predicted octanol–water partition coefficient (Wildman–Crippen LogP) is 2.90. The molecule has 0 aromatic heterocycles. The van der Waals surface area contributed by atoms with Crippen LogP contribution < -0.4 is 0 Å². The second-order valence-corrected chi connectivity index (χ2v) is 3.66. The summed E-state index contributed by atoms with van der Waals surface area (Å²) in [4.78, 5) is 22.3. The summed E-state index contributed by atoms with van der Waals surface area (Å²) in [5, 5.41) is 0.579. The smallest absolute Gasteiger partial charge is 0.163 e. The Morgan fingerprint density at radius 1 is 1.20 bits per heavy atom. The highest BCUT2D eigenvalue weighted by atomic mass is 35.5. The summed E-state index contributed by atoms with van der Waals surface area (Å²) in [6, 6.07) is 7.00. The largest absolute Gasteiger partial charge is 0.294 e. The van der Waals surface area contributed by atoms with Gasteiger partial charge in [-0.15, -0.1) is 0 Å². The summed E-state index contributed by atoms with van der Waals surface area (Å²) in [5.74, 6) is -0.468. The van der Waals surface area contributed by atoms with Gasteiger partial charge in [0, 0.05) is 5.02 Å². The molecule has 0 unspecified atom stereocenters. The molecule has 0 aliphatic rings. The molecule has 0 saturated heterocycles. The van der Waals surface area contributed by atoms with Gasteiger partial charge in [-0.25, -0.2) is 0 Å². The van der Waals surface area contributed by atoms with Crippen molar-refractivity contribution in [3.05, 3.63) is 40.4 Å². The Hall–Kier alpha value is -1.41. The first-order chi connectivity index (χ1) is 7.00. The molecule has 78 valence electrons. The van der Waals surface area contributed by atoms with E-state index >= 15 is 0 Å². The maximum atomic E-state index is 11.2. The summed E-state index contributed by atoms with van der Waals surface area (Å²) < 4.78 is 0. The van der Waals surface area contributed by atoms with Gasteiger partial charge in [0.1, 0.15) is 0 Å². The number of halogens is 1. The number of hydrogen-bond donors (Lipinski definition) is 0. The molecule has 0 heterocycles. The number of hydrogen-bond acceptors (Lipinski definition) is 2. The zero-order valence-electron chi connectivity index (χ0n) is 8.58. The normalized spacial score (nSPS) is 9.53. The Morgan fingerprint density at radius 2 is 1.80 bits per heavy atom. The number of carbonyl (C=O) groups excluding carboxylic acids is 2. The quantitative estimate of drug-likeness (QED) is 0.448. The number of ketones is 2. The summed E-state index contributed by atoms with van der Waals surface area (Å²) >= 11 is 5.79. The predicted molar refractivity (Wildman–Crippen MR) is 60.8 cm³/mol. The fraction of sp³-hybridized carbons (Fsp3) is 0.167. The van der Waals surface area contributed by atoms with E-state index in [4.69, 9.17) is 11.6 Å². The lowest BCUT2D eigenvalue weighted by Crippen LogP contribution is -2.05. The molecule has 3 heteroatoms. The summed E-state index contributed by atoms with van der Waals surface area (Å²) in [6.45, 7) is 2.75. The Labute approximate surface area is 93.6 Å². The highest BCUT2D eigenvalue weighted by Gasteiger charge is 2.08. The van der Waals surface area contributed by atoms with Gasteiger partial charge < -0.3 is 0 Å². The SMILES string of the molecule is CC(=O)C(=Cc1cccc(Cl)c1)C(C)=O. The van der Waals surface area contributed by atoms with Gasteiger partial charge in [0.15, 0.2) is 11.6 Å². The van der Waals surface area contributed by atoms with Crippen LogP contribution >= 0.6 is 11.6 Å². The van der Waals surface area contributed by atoms with Crippen molar-refractivity contribution < 1.29 is 9.59 Å². The second-order valence-electron chi connectivity index (χ2n) is 3.23. The number of allylic oxidation sites excluding steroid dienone is 1. The van der Waals surface area contributed by atoms with Crippen molar-refractivity contribution in [2.45, 2.75) is 13.8 Å². The topological polar surface area (TPSA) is 34.1 Å². The zero-order valence-corrected chi connectivity index (χ0v) is 9.34. The number of benzene rings is 1. The molecule has 0 aliphatic heterocycles. The van der Waals surface area contributed by atoms with Crippen molar-refractivity contribution in [2.75, 3.05) is 0 Å². The molecule has 0 atom stereocenters. The molecule has 0 N–H and O–H groups in total. The molecule has 1 aromatic rings. The van der Waals surface area contributed by atoms with E-state index in [1.165, 1.54) is 13.8 Å². The van der Waals surface area contributed by atoms with Crippen LogP contribution in [0.15, 0.2) is 29.8 Å².